The Bertz CT molecular complexity index is 712. The van der Waals surface area contributed by atoms with Crippen LogP contribution in [0.4, 0.5) is 11.4 Å². The van der Waals surface area contributed by atoms with Crippen molar-refractivity contribution in [2.45, 2.75) is 6.92 Å². The molecule has 2 aromatic carbocycles. The summed E-state index contributed by atoms with van der Waals surface area (Å²) in [6, 6.07) is 8.86. The molecule has 0 radical (unpaired) electrons. The Morgan fingerprint density at radius 3 is 2.52 bits per heavy atom. The van der Waals surface area contributed by atoms with Crippen LogP contribution < -0.4 is 5.32 Å². The average molecular weight is 325 g/mol. The monoisotopic (exact) mass is 324 g/mol. The largest absolute Gasteiger partial charge is 0.320 e. The van der Waals surface area contributed by atoms with Gasteiger partial charge in [-0.1, -0.05) is 35.3 Å². The van der Waals surface area contributed by atoms with Gasteiger partial charge in [-0.25, -0.2) is 0 Å². The minimum atomic E-state index is -0.589. The number of nitro benzene ring substituents is 1. The van der Waals surface area contributed by atoms with Gasteiger partial charge in [0.1, 0.15) is 0 Å². The Balaban J connectivity index is 2.37. The van der Waals surface area contributed by atoms with E-state index in [4.69, 9.17) is 23.2 Å². The number of para-hydroxylation sites is 1. The number of nitro groups is 1. The van der Waals surface area contributed by atoms with E-state index in [9.17, 15) is 14.9 Å². The highest BCUT2D eigenvalue weighted by atomic mass is 35.5. The molecule has 2 aromatic rings. The summed E-state index contributed by atoms with van der Waals surface area (Å²) < 4.78 is 0. The van der Waals surface area contributed by atoms with Crippen LogP contribution in [0.2, 0.25) is 10.0 Å². The maximum Gasteiger partial charge on any atom is 0.270 e. The summed E-state index contributed by atoms with van der Waals surface area (Å²) in [5, 5.41) is 13.9. The van der Waals surface area contributed by atoms with E-state index in [1.54, 1.807) is 25.1 Å². The summed E-state index contributed by atoms with van der Waals surface area (Å²) in [7, 11) is 0. The molecule has 1 amide bonds. The van der Waals surface area contributed by atoms with Gasteiger partial charge in [-0.15, -0.1) is 0 Å². The molecular formula is C14H10Cl2N2O3. The number of hydrogen-bond donors (Lipinski definition) is 1. The van der Waals surface area contributed by atoms with Crippen LogP contribution in [0.1, 0.15) is 15.9 Å². The molecule has 7 heteroatoms. The van der Waals surface area contributed by atoms with E-state index < -0.39 is 10.8 Å². The molecule has 0 unspecified atom stereocenters. The molecule has 0 aliphatic carbocycles. The minimum Gasteiger partial charge on any atom is -0.320 e. The summed E-state index contributed by atoms with van der Waals surface area (Å²) in [5.74, 6) is -0.556. The number of amides is 1. The molecule has 0 saturated heterocycles. The number of benzene rings is 2. The molecule has 0 fully saturated rings. The molecule has 0 spiro atoms. The highest BCUT2D eigenvalue weighted by Crippen LogP contribution is 2.28. The van der Waals surface area contributed by atoms with Gasteiger partial charge in [0, 0.05) is 12.1 Å². The maximum atomic E-state index is 12.2. The normalized spacial score (nSPS) is 10.2. The second kappa shape index (κ2) is 6.11. The van der Waals surface area contributed by atoms with Crippen molar-refractivity contribution >= 4 is 40.5 Å². The minimum absolute atomic E-state index is 0.0187. The van der Waals surface area contributed by atoms with E-state index in [1.165, 1.54) is 12.1 Å². The van der Waals surface area contributed by atoms with Crippen LogP contribution in [-0.4, -0.2) is 10.8 Å². The van der Waals surface area contributed by atoms with Gasteiger partial charge < -0.3 is 5.32 Å². The van der Waals surface area contributed by atoms with Crippen molar-refractivity contribution in [1.29, 1.82) is 0 Å². The zero-order chi connectivity index (χ0) is 15.6. The summed E-state index contributed by atoms with van der Waals surface area (Å²) in [5.41, 5.74) is 1.04. The van der Waals surface area contributed by atoms with Gasteiger partial charge in [0.15, 0.2) is 0 Å². The van der Waals surface area contributed by atoms with Gasteiger partial charge >= 0.3 is 0 Å². The Hall–Kier alpha value is -2.11. The number of non-ortho nitro benzene ring substituents is 1. The summed E-state index contributed by atoms with van der Waals surface area (Å²) in [6.07, 6.45) is 0. The van der Waals surface area contributed by atoms with Crippen molar-refractivity contribution in [2.24, 2.45) is 0 Å². The van der Waals surface area contributed by atoms with Crippen molar-refractivity contribution in [2.75, 3.05) is 5.32 Å². The Kier molecular flexibility index (Phi) is 4.45. The second-order valence-corrected chi connectivity index (χ2v) is 5.12. The first-order valence-electron chi connectivity index (χ1n) is 5.90. The second-order valence-electron chi connectivity index (χ2n) is 4.31. The highest BCUT2D eigenvalue weighted by molar-refractivity contribution is 6.36. The molecule has 21 heavy (non-hydrogen) atoms. The van der Waals surface area contributed by atoms with E-state index in [1.807, 2.05) is 0 Å². The predicted molar refractivity (Wildman–Crippen MR) is 82.2 cm³/mol. The standard InChI is InChI=1S/C14H10Cl2N2O3/c1-8-3-2-4-12(16)13(8)17-14(19)10-7-9(18(20)21)5-6-11(10)15/h2-7H,1H3,(H,17,19). The average Bonchev–Trinajstić information content (AvgIpc) is 2.43. The lowest BCUT2D eigenvalue weighted by atomic mass is 10.1. The van der Waals surface area contributed by atoms with Crippen LogP contribution in [-0.2, 0) is 0 Å². The van der Waals surface area contributed by atoms with Crippen LogP contribution in [0.3, 0.4) is 0 Å². The van der Waals surface area contributed by atoms with Gasteiger partial charge in [-0.05, 0) is 24.6 Å². The number of hydrogen-bond acceptors (Lipinski definition) is 3. The van der Waals surface area contributed by atoms with Crippen LogP contribution in [0.5, 0.6) is 0 Å². The third kappa shape index (κ3) is 3.32. The SMILES string of the molecule is Cc1cccc(Cl)c1NC(=O)c1cc([N+](=O)[O-])ccc1Cl. The van der Waals surface area contributed by atoms with Gasteiger partial charge in [0.25, 0.3) is 11.6 Å². The molecule has 1 N–H and O–H groups in total. The molecule has 0 atom stereocenters. The number of carbonyl (C=O) groups is 1. The van der Waals surface area contributed by atoms with Gasteiger partial charge in [0.2, 0.25) is 0 Å². The van der Waals surface area contributed by atoms with Crippen molar-refractivity contribution in [3.8, 4) is 0 Å². The lowest BCUT2D eigenvalue weighted by Gasteiger charge is -2.11. The van der Waals surface area contributed by atoms with Crippen molar-refractivity contribution < 1.29 is 9.72 Å². The van der Waals surface area contributed by atoms with Crippen molar-refractivity contribution in [3.05, 3.63) is 67.7 Å². The van der Waals surface area contributed by atoms with E-state index in [0.29, 0.717) is 10.7 Å². The predicted octanol–water partition coefficient (Wildman–Crippen LogP) is 4.46. The number of nitrogens with zero attached hydrogens (tertiary/aromatic N) is 1. The summed E-state index contributed by atoms with van der Waals surface area (Å²) in [4.78, 5) is 22.4. The first-order valence-corrected chi connectivity index (χ1v) is 6.66. The number of aryl methyl sites for hydroxylation is 1. The number of anilines is 1. The summed E-state index contributed by atoms with van der Waals surface area (Å²) >= 11 is 12.0. The number of rotatable bonds is 3. The third-order valence-electron chi connectivity index (χ3n) is 2.87. The smallest absolute Gasteiger partial charge is 0.270 e. The van der Waals surface area contributed by atoms with Crippen molar-refractivity contribution in [1.82, 2.24) is 0 Å². The molecule has 5 nitrogen and oxygen atoms in total. The Labute approximate surface area is 130 Å². The fourth-order valence-electron chi connectivity index (χ4n) is 1.77. The summed E-state index contributed by atoms with van der Waals surface area (Å²) in [6.45, 7) is 1.79. The first kappa shape index (κ1) is 15.3. The van der Waals surface area contributed by atoms with E-state index >= 15 is 0 Å². The van der Waals surface area contributed by atoms with Crippen LogP contribution in [0, 0.1) is 17.0 Å². The fourth-order valence-corrected chi connectivity index (χ4v) is 2.24. The van der Waals surface area contributed by atoms with E-state index in [-0.39, 0.29) is 16.3 Å². The molecular weight excluding hydrogens is 315 g/mol. The molecule has 0 heterocycles. The van der Waals surface area contributed by atoms with Crippen LogP contribution in [0.15, 0.2) is 36.4 Å². The molecule has 108 valence electrons. The van der Waals surface area contributed by atoms with E-state index in [0.717, 1.165) is 11.6 Å². The fraction of sp³-hybridized carbons (Fsp3) is 0.0714. The quantitative estimate of drug-likeness (QED) is 0.669. The zero-order valence-electron chi connectivity index (χ0n) is 10.9. The molecule has 0 bridgehead atoms. The lowest BCUT2D eigenvalue weighted by Crippen LogP contribution is -2.14. The maximum absolute atomic E-state index is 12.2. The zero-order valence-corrected chi connectivity index (χ0v) is 12.4. The molecule has 0 aliphatic heterocycles. The highest BCUT2D eigenvalue weighted by Gasteiger charge is 2.17. The first-order chi connectivity index (χ1) is 9.90. The lowest BCUT2D eigenvalue weighted by molar-refractivity contribution is -0.384. The van der Waals surface area contributed by atoms with Gasteiger partial charge in [0.05, 0.1) is 26.2 Å². The van der Waals surface area contributed by atoms with Crippen LogP contribution >= 0.6 is 23.2 Å². The third-order valence-corrected chi connectivity index (χ3v) is 3.51. The molecule has 0 aliphatic rings. The van der Waals surface area contributed by atoms with E-state index in [2.05, 4.69) is 5.32 Å². The van der Waals surface area contributed by atoms with Crippen LogP contribution in [0.25, 0.3) is 0 Å². The molecule has 2 rings (SSSR count). The number of halogens is 2. The Morgan fingerprint density at radius 1 is 1.19 bits per heavy atom. The van der Waals surface area contributed by atoms with Crippen molar-refractivity contribution in [3.63, 3.8) is 0 Å². The number of carbonyl (C=O) groups excluding carboxylic acids is 1. The van der Waals surface area contributed by atoms with Gasteiger partial charge in [-0.2, -0.15) is 0 Å². The van der Waals surface area contributed by atoms with Gasteiger partial charge in [-0.3, -0.25) is 14.9 Å². The Morgan fingerprint density at radius 2 is 1.90 bits per heavy atom. The number of nitrogens with one attached hydrogen (secondary N) is 1. The topological polar surface area (TPSA) is 72.2 Å². The molecule has 0 aromatic heterocycles. The molecule has 0 saturated carbocycles.